The van der Waals surface area contributed by atoms with Crippen molar-refractivity contribution in [1.82, 2.24) is 4.90 Å². The van der Waals surface area contributed by atoms with Crippen LogP contribution in [0.5, 0.6) is 5.75 Å². The van der Waals surface area contributed by atoms with Crippen molar-refractivity contribution >= 4 is 17.5 Å². The van der Waals surface area contributed by atoms with Gasteiger partial charge in [0.15, 0.2) is 6.10 Å². The molecule has 1 aliphatic rings. The number of halogens is 1. The predicted octanol–water partition coefficient (Wildman–Crippen LogP) is 4.08. The van der Waals surface area contributed by atoms with Crippen LogP contribution in [0.25, 0.3) is 0 Å². The van der Waals surface area contributed by atoms with Crippen LogP contribution in [-0.2, 0) is 17.8 Å². The molecule has 1 heterocycles. The number of ether oxygens (including phenoxy) is 1. The van der Waals surface area contributed by atoms with Gasteiger partial charge in [0, 0.05) is 18.1 Å². The smallest absolute Gasteiger partial charge is 0.263 e. The van der Waals surface area contributed by atoms with Crippen molar-refractivity contribution in [2.24, 2.45) is 0 Å². The SMILES string of the molecule is CC[C@@H](Oc1cccc(Cl)c1)C(=O)N1CCc2ccccc2C1. The highest BCUT2D eigenvalue weighted by Crippen LogP contribution is 2.22. The number of carbonyl (C=O) groups excluding carboxylic acids is 1. The summed E-state index contributed by atoms with van der Waals surface area (Å²) in [6.45, 7) is 3.36. The average molecular weight is 330 g/mol. The summed E-state index contributed by atoms with van der Waals surface area (Å²) in [5.74, 6) is 0.678. The number of benzene rings is 2. The first kappa shape index (κ1) is 15.9. The van der Waals surface area contributed by atoms with Crippen molar-refractivity contribution in [3.8, 4) is 5.75 Å². The Balaban J connectivity index is 1.71. The molecule has 0 aromatic heterocycles. The standard InChI is InChI=1S/C19H20ClNO2/c1-2-18(23-17-9-5-8-16(20)12-17)19(22)21-11-10-14-6-3-4-7-15(14)13-21/h3-9,12,18H,2,10-11,13H2,1H3/t18-/m1/s1. The molecule has 3 rings (SSSR count). The minimum absolute atomic E-state index is 0.0435. The number of rotatable bonds is 4. The first-order valence-corrected chi connectivity index (χ1v) is 8.33. The van der Waals surface area contributed by atoms with Crippen LogP contribution in [0.15, 0.2) is 48.5 Å². The first-order chi connectivity index (χ1) is 11.2. The summed E-state index contributed by atoms with van der Waals surface area (Å²) >= 11 is 5.98. The summed E-state index contributed by atoms with van der Waals surface area (Å²) in [5, 5.41) is 0.608. The molecule has 2 aromatic rings. The second kappa shape index (κ2) is 7.05. The van der Waals surface area contributed by atoms with Crippen LogP contribution in [-0.4, -0.2) is 23.5 Å². The summed E-state index contributed by atoms with van der Waals surface area (Å²) in [7, 11) is 0. The fourth-order valence-electron chi connectivity index (χ4n) is 2.90. The molecule has 0 saturated carbocycles. The number of fused-ring (bicyclic) bond motifs is 1. The third kappa shape index (κ3) is 3.67. The second-order valence-electron chi connectivity index (χ2n) is 5.75. The molecule has 1 atom stereocenters. The Labute approximate surface area is 141 Å². The highest BCUT2D eigenvalue weighted by Gasteiger charge is 2.27. The molecule has 120 valence electrons. The topological polar surface area (TPSA) is 29.5 Å². The lowest BCUT2D eigenvalue weighted by Gasteiger charge is -2.31. The largest absolute Gasteiger partial charge is 0.481 e. The third-order valence-electron chi connectivity index (χ3n) is 4.16. The van der Waals surface area contributed by atoms with E-state index in [1.54, 1.807) is 12.1 Å². The van der Waals surface area contributed by atoms with Crippen LogP contribution in [0, 0.1) is 0 Å². The number of hydrogen-bond acceptors (Lipinski definition) is 2. The first-order valence-electron chi connectivity index (χ1n) is 7.95. The molecule has 0 N–H and O–H groups in total. The van der Waals surface area contributed by atoms with E-state index in [1.807, 2.05) is 36.1 Å². The Morgan fingerprint density at radius 1 is 1.22 bits per heavy atom. The molecular formula is C19H20ClNO2. The highest BCUT2D eigenvalue weighted by molar-refractivity contribution is 6.30. The Kier molecular flexibility index (Phi) is 4.87. The molecular weight excluding hydrogens is 310 g/mol. The van der Waals surface area contributed by atoms with Crippen molar-refractivity contribution in [3.05, 3.63) is 64.7 Å². The molecule has 0 fully saturated rings. The van der Waals surface area contributed by atoms with Crippen molar-refractivity contribution in [2.45, 2.75) is 32.4 Å². The van der Waals surface area contributed by atoms with Gasteiger partial charge in [-0.3, -0.25) is 4.79 Å². The molecule has 3 nitrogen and oxygen atoms in total. The zero-order valence-electron chi connectivity index (χ0n) is 13.2. The Morgan fingerprint density at radius 2 is 2.00 bits per heavy atom. The molecule has 2 aromatic carbocycles. The summed E-state index contributed by atoms with van der Waals surface area (Å²) in [6.07, 6.45) is 1.05. The maximum atomic E-state index is 12.8. The number of carbonyl (C=O) groups is 1. The lowest BCUT2D eigenvalue weighted by atomic mass is 9.99. The van der Waals surface area contributed by atoms with Crippen LogP contribution in [0.3, 0.4) is 0 Å². The highest BCUT2D eigenvalue weighted by atomic mass is 35.5. The van der Waals surface area contributed by atoms with Crippen molar-refractivity contribution in [2.75, 3.05) is 6.54 Å². The van der Waals surface area contributed by atoms with Gasteiger partial charge in [-0.25, -0.2) is 0 Å². The van der Waals surface area contributed by atoms with Gasteiger partial charge < -0.3 is 9.64 Å². The number of hydrogen-bond donors (Lipinski definition) is 0. The summed E-state index contributed by atoms with van der Waals surface area (Å²) in [6, 6.07) is 15.5. The monoisotopic (exact) mass is 329 g/mol. The van der Waals surface area contributed by atoms with Crippen LogP contribution in [0.4, 0.5) is 0 Å². The van der Waals surface area contributed by atoms with Crippen molar-refractivity contribution in [1.29, 1.82) is 0 Å². The molecule has 0 unspecified atom stereocenters. The fourth-order valence-corrected chi connectivity index (χ4v) is 3.08. The predicted molar refractivity (Wildman–Crippen MR) is 91.7 cm³/mol. The van der Waals surface area contributed by atoms with Gasteiger partial charge in [0.25, 0.3) is 5.91 Å². The van der Waals surface area contributed by atoms with Crippen LogP contribution >= 0.6 is 11.6 Å². The van der Waals surface area contributed by atoms with Crippen LogP contribution < -0.4 is 4.74 Å². The van der Waals surface area contributed by atoms with Gasteiger partial charge in [0.2, 0.25) is 0 Å². The molecule has 4 heteroatoms. The third-order valence-corrected chi connectivity index (χ3v) is 4.40. The van der Waals surface area contributed by atoms with Crippen LogP contribution in [0.2, 0.25) is 5.02 Å². The Bertz CT molecular complexity index is 701. The Morgan fingerprint density at radius 3 is 2.74 bits per heavy atom. The molecule has 0 spiro atoms. The van der Waals surface area contributed by atoms with E-state index in [1.165, 1.54) is 11.1 Å². The van der Waals surface area contributed by atoms with Gasteiger partial charge >= 0.3 is 0 Å². The molecule has 0 bridgehead atoms. The van der Waals surface area contributed by atoms with E-state index >= 15 is 0 Å². The van der Waals surface area contributed by atoms with E-state index in [2.05, 4.69) is 12.1 Å². The van der Waals surface area contributed by atoms with Crippen molar-refractivity contribution in [3.63, 3.8) is 0 Å². The quantitative estimate of drug-likeness (QED) is 0.845. The zero-order chi connectivity index (χ0) is 16.2. The zero-order valence-corrected chi connectivity index (χ0v) is 13.9. The summed E-state index contributed by atoms with van der Waals surface area (Å²) in [5.41, 5.74) is 2.56. The van der Waals surface area contributed by atoms with E-state index in [4.69, 9.17) is 16.3 Å². The maximum Gasteiger partial charge on any atom is 0.263 e. The summed E-state index contributed by atoms with van der Waals surface area (Å²) in [4.78, 5) is 14.7. The molecule has 0 saturated heterocycles. The molecule has 0 aliphatic carbocycles. The van der Waals surface area contributed by atoms with E-state index in [9.17, 15) is 4.79 Å². The minimum atomic E-state index is -0.473. The fraction of sp³-hybridized carbons (Fsp3) is 0.316. The molecule has 1 amide bonds. The van der Waals surface area contributed by atoms with E-state index in [0.29, 0.717) is 23.7 Å². The Hall–Kier alpha value is -2.00. The van der Waals surface area contributed by atoms with Gasteiger partial charge in [-0.05, 0) is 42.2 Å². The van der Waals surface area contributed by atoms with Gasteiger partial charge in [-0.15, -0.1) is 0 Å². The second-order valence-corrected chi connectivity index (χ2v) is 6.19. The molecule has 1 aliphatic heterocycles. The van der Waals surface area contributed by atoms with E-state index in [-0.39, 0.29) is 5.91 Å². The number of nitrogens with zero attached hydrogens (tertiary/aromatic N) is 1. The average Bonchev–Trinajstić information content (AvgIpc) is 2.58. The van der Waals surface area contributed by atoms with Gasteiger partial charge in [-0.1, -0.05) is 48.9 Å². The van der Waals surface area contributed by atoms with E-state index in [0.717, 1.165) is 13.0 Å². The van der Waals surface area contributed by atoms with Crippen LogP contribution in [0.1, 0.15) is 24.5 Å². The van der Waals surface area contributed by atoms with Gasteiger partial charge in [0.1, 0.15) is 5.75 Å². The molecule has 23 heavy (non-hydrogen) atoms. The van der Waals surface area contributed by atoms with Gasteiger partial charge in [0.05, 0.1) is 0 Å². The lowest BCUT2D eigenvalue weighted by molar-refractivity contribution is -0.139. The van der Waals surface area contributed by atoms with Crippen molar-refractivity contribution < 1.29 is 9.53 Å². The maximum absolute atomic E-state index is 12.8. The normalized spacial score (nSPS) is 15.0. The molecule has 0 radical (unpaired) electrons. The summed E-state index contributed by atoms with van der Waals surface area (Å²) < 4.78 is 5.87. The minimum Gasteiger partial charge on any atom is -0.481 e. The lowest BCUT2D eigenvalue weighted by Crippen LogP contribution is -2.44. The number of amides is 1. The van der Waals surface area contributed by atoms with Gasteiger partial charge in [-0.2, -0.15) is 0 Å². The van der Waals surface area contributed by atoms with E-state index < -0.39 is 6.10 Å².